The van der Waals surface area contributed by atoms with Crippen molar-refractivity contribution in [2.24, 2.45) is 5.84 Å². The van der Waals surface area contributed by atoms with E-state index in [2.05, 4.69) is 20.7 Å². The molecule has 1 aromatic rings. The van der Waals surface area contributed by atoms with Crippen LogP contribution in [0, 0.1) is 0 Å². The lowest BCUT2D eigenvalue weighted by Crippen LogP contribution is -2.32. The summed E-state index contributed by atoms with van der Waals surface area (Å²) in [5.74, 6) is 5.01. The van der Waals surface area contributed by atoms with Gasteiger partial charge in [0.2, 0.25) is 11.9 Å². The minimum atomic E-state index is -0.666. The summed E-state index contributed by atoms with van der Waals surface area (Å²) in [5, 5.41) is 3.04. The van der Waals surface area contributed by atoms with E-state index >= 15 is 0 Å². The van der Waals surface area contributed by atoms with Gasteiger partial charge in [0.25, 0.3) is 5.91 Å². The van der Waals surface area contributed by atoms with Gasteiger partial charge in [0.05, 0.1) is 12.6 Å². The molecular weight excluding hydrogens is 260 g/mol. The number of hydrogen-bond donors (Lipinski definition) is 3. The largest absolute Gasteiger partial charge is 0.357 e. The van der Waals surface area contributed by atoms with Crippen LogP contribution in [0.4, 0.5) is 11.8 Å². The summed E-state index contributed by atoms with van der Waals surface area (Å²) in [6, 6.07) is -0.666. The van der Waals surface area contributed by atoms with Gasteiger partial charge >= 0.3 is 0 Å². The second-order valence-corrected chi connectivity index (χ2v) is 4.13. The first-order valence-corrected chi connectivity index (χ1v) is 5.47. The maximum absolute atomic E-state index is 11.7. The number of aromatic nitrogens is 2. The Bertz CT molecular complexity index is 508. The van der Waals surface area contributed by atoms with Gasteiger partial charge in [-0.2, -0.15) is 4.98 Å². The number of carbonyl (C=O) groups excluding carboxylic acids is 2. The number of nitrogens with two attached hydrogens (primary N) is 1. The van der Waals surface area contributed by atoms with Crippen molar-refractivity contribution in [2.45, 2.75) is 12.5 Å². The summed E-state index contributed by atoms with van der Waals surface area (Å²) in [4.78, 5) is 31.9. The highest BCUT2D eigenvalue weighted by molar-refractivity contribution is 6.32. The first-order valence-electron chi connectivity index (χ1n) is 5.09. The van der Waals surface area contributed by atoms with Gasteiger partial charge in [0.1, 0.15) is 11.1 Å². The Morgan fingerprint density at radius 3 is 2.83 bits per heavy atom. The Balaban J connectivity index is 2.19. The van der Waals surface area contributed by atoms with E-state index in [1.807, 2.05) is 0 Å². The number of carbonyl (C=O) groups is 2. The van der Waals surface area contributed by atoms with Gasteiger partial charge in [0.15, 0.2) is 5.82 Å². The van der Waals surface area contributed by atoms with Crippen LogP contribution < -0.4 is 16.6 Å². The first-order chi connectivity index (χ1) is 8.52. The van der Waals surface area contributed by atoms with Crippen molar-refractivity contribution < 1.29 is 9.59 Å². The van der Waals surface area contributed by atoms with Crippen LogP contribution in [0.5, 0.6) is 0 Å². The van der Waals surface area contributed by atoms with Crippen molar-refractivity contribution in [1.82, 2.24) is 14.9 Å². The maximum Gasteiger partial charge on any atom is 0.251 e. The standard InChI is InChI=1S/C9H11ClN6O2/c1-16-6(17)2-5(8(16)18)13-7-4(10)3-12-9(14-7)15-11/h3,5H,2,11H2,1H3,(H2,12,13,14,15). The number of likely N-dealkylation sites (tertiary alicyclic amines) is 1. The molecule has 0 radical (unpaired) electrons. The summed E-state index contributed by atoms with van der Waals surface area (Å²) in [6.07, 6.45) is 1.41. The molecule has 2 amide bonds. The van der Waals surface area contributed by atoms with E-state index in [0.29, 0.717) is 0 Å². The Kier molecular flexibility index (Phi) is 3.30. The number of likely N-dealkylation sites (N-methyl/N-ethyl adjacent to an activating group) is 1. The molecule has 1 aliphatic heterocycles. The van der Waals surface area contributed by atoms with E-state index < -0.39 is 6.04 Å². The fourth-order valence-corrected chi connectivity index (χ4v) is 1.72. The van der Waals surface area contributed by atoms with Crippen LogP contribution in [0.2, 0.25) is 5.02 Å². The fourth-order valence-electron chi connectivity index (χ4n) is 1.57. The number of nitrogen functional groups attached to an aromatic ring is 1. The summed E-state index contributed by atoms with van der Waals surface area (Å²) in [5.41, 5.74) is 2.27. The number of anilines is 2. The Morgan fingerprint density at radius 1 is 1.56 bits per heavy atom. The number of halogens is 1. The van der Waals surface area contributed by atoms with Gasteiger partial charge in [0, 0.05) is 7.05 Å². The zero-order valence-electron chi connectivity index (χ0n) is 9.48. The quantitative estimate of drug-likeness (QED) is 0.388. The van der Waals surface area contributed by atoms with Crippen LogP contribution in [0.3, 0.4) is 0 Å². The van der Waals surface area contributed by atoms with Crippen LogP contribution in [0.25, 0.3) is 0 Å². The highest BCUT2D eigenvalue weighted by Crippen LogP contribution is 2.22. The molecule has 18 heavy (non-hydrogen) atoms. The molecule has 8 nitrogen and oxygen atoms in total. The monoisotopic (exact) mass is 270 g/mol. The third kappa shape index (κ3) is 2.20. The summed E-state index contributed by atoms with van der Waals surface area (Å²) < 4.78 is 0. The van der Waals surface area contributed by atoms with Gasteiger partial charge in [-0.1, -0.05) is 11.6 Å². The average Bonchev–Trinajstić information content (AvgIpc) is 2.60. The zero-order chi connectivity index (χ0) is 13.3. The van der Waals surface area contributed by atoms with Crippen molar-refractivity contribution in [3.63, 3.8) is 0 Å². The molecule has 0 spiro atoms. The predicted octanol–water partition coefficient (Wildman–Crippen LogP) is -0.415. The van der Waals surface area contributed by atoms with E-state index in [4.69, 9.17) is 17.4 Å². The smallest absolute Gasteiger partial charge is 0.251 e. The van der Waals surface area contributed by atoms with Crippen LogP contribution in [0.1, 0.15) is 6.42 Å². The van der Waals surface area contributed by atoms with Crippen LogP contribution >= 0.6 is 11.6 Å². The molecule has 9 heteroatoms. The van der Waals surface area contributed by atoms with Gasteiger partial charge in [-0.15, -0.1) is 0 Å². The number of hydrogen-bond acceptors (Lipinski definition) is 7. The third-order valence-electron chi connectivity index (χ3n) is 2.57. The molecule has 0 aromatic carbocycles. The van der Waals surface area contributed by atoms with Crippen LogP contribution in [-0.2, 0) is 9.59 Å². The van der Waals surface area contributed by atoms with Crippen molar-refractivity contribution in [3.8, 4) is 0 Å². The third-order valence-corrected chi connectivity index (χ3v) is 2.84. The molecule has 1 fully saturated rings. The van der Waals surface area contributed by atoms with Gasteiger partial charge < -0.3 is 5.32 Å². The average molecular weight is 271 g/mol. The Labute approximate surface area is 107 Å². The normalized spacial score (nSPS) is 19.3. The Hall–Kier alpha value is -1.93. The fraction of sp³-hybridized carbons (Fsp3) is 0.333. The number of imide groups is 1. The van der Waals surface area contributed by atoms with Crippen molar-refractivity contribution in [2.75, 3.05) is 17.8 Å². The molecule has 1 atom stereocenters. The molecule has 2 rings (SSSR count). The summed E-state index contributed by atoms with van der Waals surface area (Å²) in [6.45, 7) is 0. The van der Waals surface area contributed by atoms with E-state index in [0.717, 1.165) is 4.90 Å². The summed E-state index contributed by atoms with van der Waals surface area (Å²) >= 11 is 5.89. The van der Waals surface area contributed by atoms with E-state index in [-0.39, 0.29) is 35.0 Å². The van der Waals surface area contributed by atoms with Gasteiger partial charge in [-0.3, -0.25) is 19.9 Å². The molecule has 0 bridgehead atoms. The lowest BCUT2D eigenvalue weighted by molar-refractivity contribution is -0.136. The molecule has 4 N–H and O–H groups in total. The molecule has 1 aliphatic rings. The topological polar surface area (TPSA) is 113 Å². The van der Waals surface area contributed by atoms with Crippen molar-refractivity contribution >= 4 is 35.2 Å². The molecule has 0 aliphatic carbocycles. The second-order valence-electron chi connectivity index (χ2n) is 3.73. The highest BCUT2D eigenvalue weighted by atomic mass is 35.5. The van der Waals surface area contributed by atoms with Crippen molar-refractivity contribution in [3.05, 3.63) is 11.2 Å². The molecule has 1 unspecified atom stereocenters. The Morgan fingerprint density at radius 2 is 2.28 bits per heavy atom. The second kappa shape index (κ2) is 4.75. The van der Waals surface area contributed by atoms with E-state index in [1.54, 1.807) is 0 Å². The number of amides is 2. The SMILES string of the molecule is CN1C(=O)CC(Nc2nc(NN)ncc2Cl)C1=O. The van der Waals surface area contributed by atoms with Crippen molar-refractivity contribution in [1.29, 1.82) is 0 Å². The molecule has 96 valence electrons. The number of hydrazine groups is 1. The molecule has 2 heterocycles. The van der Waals surface area contributed by atoms with Gasteiger partial charge in [-0.25, -0.2) is 10.8 Å². The molecule has 1 saturated heterocycles. The van der Waals surface area contributed by atoms with E-state index in [1.165, 1.54) is 13.2 Å². The summed E-state index contributed by atoms with van der Waals surface area (Å²) in [7, 11) is 1.43. The molecular formula is C9H11ClN6O2. The highest BCUT2D eigenvalue weighted by Gasteiger charge is 2.36. The van der Waals surface area contributed by atoms with Crippen LogP contribution in [0.15, 0.2) is 6.20 Å². The number of rotatable bonds is 3. The number of nitrogens with one attached hydrogen (secondary N) is 2. The molecule has 1 aromatic heterocycles. The molecule has 0 saturated carbocycles. The zero-order valence-corrected chi connectivity index (χ0v) is 10.2. The lowest BCUT2D eigenvalue weighted by Gasteiger charge is -2.13. The van der Waals surface area contributed by atoms with E-state index in [9.17, 15) is 9.59 Å². The lowest BCUT2D eigenvalue weighted by atomic mass is 10.2. The van der Waals surface area contributed by atoms with Gasteiger partial charge in [-0.05, 0) is 0 Å². The minimum Gasteiger partial charge on any atom is -0.357 e. The van der Waals surface area contributed by atoms with Crippen LogP contribution in [-0.4, -0.2) is 39.8 Å². The first kappa shape index (κ1) is 12.5. The maximum atomic E-state index is 11.7. The predicted molar refractivity (Wildman–Crippen MR) is 64.7 cm³/mol. The minimum absolute atomic E-state index is 0.0705. The number of nitrogens with zero attached hydrogens (tertiary/aromatic N) is 3.